The van der Waals surface area contributed by atoms with E-state index in [9.17, 15) is 33.9 Å². The van der Waals surface area contributed by atoms with E-state index in [1.54, 1.807) is 32.0 Å². The monoisotopic (exact) mass is 782 g/mol. The minimum atomic E-state index is -1.74. The van der Waals surface area contributed by atoms with Gasteiger partial charge in [-0.3, -0.25) is 38.8 Å². The molecule has 6 amide bonds. The Bertz CT molecular complexity index is 1860. The Labute approximate surface area is 323 Å². The number of nitrogens with zero attached hydrogens (tertiary/aromatic N) is 6. The molecule has 7 rings (SSSR count). The number of methoxy groups -OCH3 is 1. The molecule has 5 N–H and O–H groups in total. The molecule has 0 aliphatic carbocycles. The maximum absolute atomic E-state index is 14.9. The second kappa shape index (κ2) is 14.7. The first-order valence-corrected chi connectivity index (χ1v) is 19.0. The predicted octanol–water partition coefficient (Wildman–Crippen LogP) is -0.400. The number of carbonyl (C=O) groups is 6. The number of hydrogen-bond donors (Lipinski definition) is 5. The smallest absolute Gasteiger partial charge is 0.268 e. The Morgan fingerprint density at radius 3 is 2.22 bits per heavy atom. The zero-order chi connectivity index (χ0) is 39.5. The molecular formula is C36H47ClN10O8. The number of fused-ring (bicyclic) bond motifs is 8. The van der Waals surface area contributed by atoms with Gasteiger partial charge in [-0.25, -0.2) is 15.9 Å². The van der Waals surface area contributed by atoms with Gasteiger partial charge in [0.25, 0.3) is 23.6 Å². The van der Waals surface area contributed by atoms with Crippen molar-refractivity contribution in [2.24, 2.45) is 11.0 Å². The molecule has 0 unspecified atom stereocenters. The van der Waals surface area contributed by atoms with E-state index in [0.717, 1.165) is 5.01 Å². The summed E-state index contributed by atoms with van der Waals surface area (Å²) in [4.78, 5) is 89.5. The number of carbonyl (C=O) groups excluding carboxylic acids is 6. The zero-order valence-corrected chi connectivity index (χ0v) is 32.1. The third-order valence-corrected chi connectivity index (χ3v) is 11.8. The number of nitrogens with one attached hydrogen (secondary N) is 4. The summed E-state index contributed by atoms with van der Waals surface area (Å²) in [5, 5.41) is 26.4. The van der Waals surface area contributed by atoms with E-state index in [4.69, 9.17) is 16.3 Å². The minimum absolute atomic E-state index is 0.211. The number of rotatable bonds is 2. The highest BCUT2D eigenvalue weighted by Gasteiger charge is 2.62. The Balaban J connectivity index is 1.33. The van der Waals surface area contributed by atoms with E-state index in [0.29, 0.717) is 42.2 Å². The molecule has 4 saturated heterocycles. The van der Waals surface area contributed by atoms with Gasteiger partial charge in [-0.15, -0.1) is 0 Å². The Morgan fingerprint density at radius 2 is 1.56 bits per heavy atom. The Morgan fingerprint density at radius 1 is 0.909 bits per heavy atom. The lowest BCUT2D eigenvalue weighted by molar-refractivity contribution is -0.162. The van der Waals surface area contributed by atoms with Crippen molar-refractivity contribution in [2.75, 3.05) is 32.6 Å². The van der Waals surface area contributed by atoms with Gasteiger partial charge in [-0.1, -0.05) is 31.5 Å². The first kappa shape index (κ1) is 38.5. The molecule has 0 radical (unpaired) electrons. The van der Waals surface area contributed by atoms with Gasteiger partial charge >= 0.3 is 0 Å². The molecule has 18 nitrogen and oxygen atoms in total. The molecule has 0 aromatic heterocycles. The number of ether oxygens (including phenoxy) is 1. The summed E-state index contributed by atoms with van der Waals surface area (Å²) in [6.45, 7) is 5.70. The molecule has 0 saturated carbocycles. The fourth-order valence-corrected chi connectivity index (χ4v) is 8.55. The number of allylic oxidation sites excluding steroid dienone is 1. The maximum atomic E-state index is 14.9. The normalized spacial score (nSPS) is 33.1. The van der Waals surface area contributed by atoms with Crippen LogP contribution < -0.4 is 21.5 Å². The predicted molar refractivity (Wildman–Crippen MR) is 197 cm³/mol. The number of anilines is 1. The van der Waals surface area contributed by atoms with Crippen molar-refractivity contribution >= 4 is 58.9 Å². The van der Waals surface area contributed by atoms with E-state index in [-0.39, 0.29) is 25.0 Å². The number of benzene rings is 1. The van der Waals surface area contributed by atoms with Gasteiger partial charge in [0.05, 0.1) is 13.3 Å². The highest BCUT2D eigenvalue weighted by Crippen LogP contribution is 2.50. The van der Waals surface area contributed by atoms with Gasteiger partial charge in [0.15, 0.2) is 6.04 Å². The van der Waals surface area contributed by atoms with Crippen molar-refractivity contribution in [3.63, 3.8) is 0 Å². The highest BCUT2D eigenvalue weighted by atomic mass is 35.5. The number of hydrazine groups is 2. The van der Waals surface area contributed by atoms with Crippen molar-refractivity contribution in [3.05, 3.63) is 40.6 Å². The maximum Gasteiger partial charge on any atom is 0.268 e. The van der Waals surface area contributed by atoms with Crippen LogP contribution in [0, 0.1) is 5.92 Å². The van der Waals surface area contributed by atoms with E-state index in [2.05, 4.69) is 26.6 Å². The molecule has 1 aromatic rings. The molecule has 296 valence electrons. The second-order valence-corrected chi connectivity index (χ2v) is 15.6. The molecule has 0 spiro atoms. The van der Waals surface area contributed by atoms with Crippen LogP contribution in [0.4, 0.5) is 5.69 Å². The summed E-state index contributed by atoms with van der Waals surface area (Å²) in [7, 11) is 2.81. The van der Waals surface area contributed by atoms with Crippen LogP contribution in [0.1, 0.15) is 58.4 Å². The number of hydrogen-bond acceptors (Lipinski definition) is 12. The lowest BCUT2D eigenvalue weighted by atomic mass is 9.91. The lowest BCUT2D eigenvalue weighted by Crippen LogP contribution is -2.67. The molecule has 4 fully saturated rings. The average Bonchev–Trinajstić information content (AvgIpc) is 3.64. The van der Waals surface area contributed by atoms with Crippen LogP contribution in [0.3, 0.4) is 0 Å². The Hall–Kier alpha value is -4.78. The topological polar surface area (TPSA) is 209 Å². The van der Waals surface area contributed by atoms with Gasteiger partial charge < -0.3 is 30.3 Å². The van der Waals surface area contributed by atoms with Crippen molar-refractivity contribution in [1.29, 1.82) is 0 Å². The minimum Gasteiger partial charge on any atom is -0.495 e. The molecular weight excluding hydrogens is 736 g/mol. The van der Waals surface area contributed by atoms with Crippen LogP contribution in [-0.2, 0) is 39.1 Å². The lowest BCUT2D eigenvalue weighted by Gasteiger charge is -2.43. The van der Waals surface area contributed by atoms with Crippen LogP contribution in [-0.4, -0.2) is 141 Å². The van der Waals surface area contributed by atoms with Gasteiger partial charge in [-0.05, 0) is 56.7 Å². The quantitative estimate of drug-likeness (QED) is 0.261. The fourth-order valence-electron chi connectivity index (χ4n) is 8.38. The van der Waals surface area contributed by atoms with Crippen LogP contribution in [0.15, 0.2) is 35.1 Å². The highest BCUT2D eigenvalue weighted by molar-refractivity contribution is 6.31. The van der Waals surface area contributed by atoms with E-state index in [1.807, 2.05) is 0 Å². The summed E-state index contributed by atoms with van der Waals surface area (Å²) >= 11 is 6.30. The van der Waals surface area contributed by atoms with Crippen LogP contribution >= 0.6 is 11.6 Å². The summed E-state index contributed by atoms with van der Waals surface area (Å²) in [5.41, 5.74) is 5.25. The van der Waals surface area contributed by atoms with Crippen LogP contribution in [0.25, 0.3) is 0 Å². The zero-order valence-electron chi connectivity index (χ0n) is 31.3. The Kier molecular flexibility index (Phi) is 10.3. The number of halogens is 1. The third-order valence-electron chi connectivity index (χ3n) is 11.5. The summed E-state index contributed by atoms with van der Waals surface area (Å²) in [6, 6.07) is -2.35. The SMILES string of the molecule is COC1=C[C@H]2C(=O)N(C)[C@@H](C)C(=O)N3NCCC[C@@H]3C(=O)N3[C@@H](C[C@@]4(O)c5ccc(Cl)cc5N[C@@H]34)C(=O)N[C@H](C(C)C)C(=O)N3NCCC[C@@H]3C(=O)N2N=C1. The second-order valence-electron chi connectivity index (χ2n) is 15.2. The van der Waals surface area contributed by atoms with Gasteiger partial charge in [0.1, 0.15) is 47.7 Å². The largest absolute Gasteiger partial charge is 0.495 e. The molecule has 1 aromatic carbocycles. The number of likely N-dealkylation sites (N-methyl/N-ethyl adjacent to an activating group) is 1. The van der Waals surface area contributed by atoms with E-state index in [1.165, 1.54) is 53.2 Å². The molecule has 8 atom stereocenters. The fraction of sp³-hybridized carbons (Fsp3) is 0.583. The van der Waals surface area contributed by atoms with Gasteiger partial charge in [0, 0.05) is 42.8 Å². The molecule has 0 bridgehead atoms. The summed E-state index contributed by atoms with van der Waals surface area (Å²) in [6.07, 6.45) is 2.80. The van der Waals surface area contributed by atoms with Crippen LogP contribution in [0.2, 0.25) is 5.02 Å². The summed E-state index contributed by atoms with van der Waals surface area (Å²) in [5.74, 6) is -4.13. The van der Waals surface area contributed by atoms with E-state index < -0.39 is 89.4 Å². The molecule has 6 aliphatic rings. The molecule has 55 heavy (non-hydrogen) atoms. The van der Waals surface area contributed by atoms with Crippen LogP contribution in [0.5, 0.6) is 0 Å². The first-order chi connectivity index (χ1) is 26.2. The molecule has 19 heteroatoms. The average molecular weight is 783 g/mol. The third kappa shape index (κ3) is 6.47. The van der Waals surface area contributed by atoms with Crippen molar-refractivity contribution < 1.29 is 38.6 Å². The van der Waals surface area contributed by atoms with Crippen molar-refractivity contribution in [1.82, 2.24) is 41.0 Å². The molecule has 6 heterocycles. The number of amides is 6. The van der Waals surface area contributed by atoms with Crippen molar-refractivity contribution in [3.8, 4) is 0 Å². The molecule has 6 aliphatic heterocycles. The van der Waals surface area contributed by atoms with Gasteiger partial charge in [-0.2, -0.15) is 5.10 Å². The number of hydrazone groups is 1. The number of aliphatic hydroxyl groups is 1. The van der Waals surface area contributed by atoms with Gasteiger partial charge in [0.2, 0.25) is 11.8 Å². The first-order valence-electron chi connectivity index (χ1n) is 18.6. The van der Waals surface area contributed by atoms with Crippen molar-refractivity contribution in [2.45, 2.75) is 101 Å². The van der Waals surface area contributed by atoms with E-state index >= 15 is 0 Å². The standard InChI is InChI=1S/C36H47ClN10O8/c1-18(2)28-34(53)46-25(9-7-13-39-46)33(52)47-26(15-21(55-5)17-40-47)31(50)43(4)19(3)30(49)45-24(8-6-12-38-45)32(51)44-27(29(48)42-28)16-36(54)22-11-10-20(37)14-23(22)41-35(36)44/h10-11,14-15,17-19,24-28,35,38-39,41,54H,6-9,12-13,16H2,1-5H3,(H,42,48)/t19-,24+,25+,26-,27-,28+,35-,36+/m0/s1. The summed E-state index contributed by atoms with van der Waals surface area (Å²) < 4.78 is 5.36.